The highest BCUT2D eigenvalue weighted by atomic mass is 32.2. The van der Waals surface area contributed by atoms with E-state index in [0.717, 1.165) is 54.4 Å². The van der Waals surface area contributed by atoms with Crippen LogP contribution in [0.5, 0.6) is 5.75 Å². The molecule has 2 aromatic rings. The lowest BCUT2D eigenvalue weighted by Crippen LogP contribution is -2.40. The maximum absolute atomic E-state index is 13.1. The zero-order valence-corrected chi connectivity index (χ0v) is 17.3. The van der Waals surface area contributed by atoms with E-state index in [-0.39, 0.29) is 11.9 Å². The lowest BCUT2D eigenvalue weighted by Gasteiger charge is -2.31. The summed E-state index contributed by atoms with van der Waals surface area (Å²) in [6, 6.07) is 14.2. The van der Waals surface area contributed by atoms with Crippen molar-refractivity contribution >= 4 is 17.7 Å². The number of carbonyl (C=O) groups is 1. The van der Waals surface area contributed by atoms with Crippen molar-refractivity contribution in [1.82, 2.24) is 15.2 Å². The highest BCUT2D eigenvalue weighted by molar-refractivity contribution is 7.99. The second-order valence-electron chi connectivity index (χ2n) is 6.95. The molecule has 1 N–H and O–H groups in total. The van der Waals surface area contributed by atoms with Gasteiger partial charge in [0.2, 0.25) is 5.91 Å². The first-order chi connectivity index (χ1) is 13.8. The van der Waals surface area contributed by atoms with Crippen molar-refractivity contribution in [2.24, 2.45) is 0 Å². The monoisotopic (exact) mass is 399 g/mol. The predicted molar refractivity (Wildman–Crippen MR) is 114 cm³/mol. The zero-order valence-electron chi connectivity index (χ0n) is 16.5. The fraction of sp³-hybridized carbons (Fsp3) is 0.455. The number of aromatic nitrogens is 1. The topological polar surface area (TPSA) is 54.5 Å². The van der Waals surface area contributed by atoms with Crippen LogP contribution in [0.15, 0.2) is 53.6 Å². The van der Waals surface area contributed by atoms with Gasteiger partial charge in [-0.05, 0) is 68.8 Å². The Balaban J connectivity index is 1.59. The first-order valence-corrected chi connectivity index (χ1v) is 10.9. The molecule has 3 rings (SSSR count). The van der Waals surface area contributed by atoms with Crippen LogP contribution in [0.1, 0.15) is 31.4 Å². The molecule has 2 heterocycles. The Bertz CT molecular complexity index is 716. The number of carbonyl (C=O) groups excluding carboxylic acids is 1. The van der Waals surface area contributed by atoms with Gasteiger partial charge >= 0.3 is 0 Å². The summed E-state index contributed by atoms with van der Waals surface area (Å²) in [5, 5.41) is 3.44. The normalized spacial score (nSPS) is 17.0. The summed E-state index contributed by atoms with van der Waals surface area (Å²) in [5.41, 5.74) is 0.955. The van der Waals surface area contributed by atoms with E-state index in [4.69, 9.17) is 4.74 Å². The number of hydrogen-bond donors (Lipinski definition) is 1. The molecule has 0 aliphatic carbocycles. The van der Waals surface area contributed by atoms with Crippen LogP contribution in [-0.2, 0) is 11.3 Å². The van der Waals surface area contributed by atoms with Crippen LogP contribution in [0.4, 0.5) is 0 Å². The van der Waals surface area contributed by atoms with Crippen LogP contribution in [0.25, 0.3) is 0 Å². The fourth-order valence-electron chi connectivity index (χ4n) is 3.47. The molecule has 1 aliphatic rings. The lowest BCUT2D eigenvalue weighted by atomic mass is 10.1. The maximum atomic E-state index is 13.1. The van der Waals surface area contributed by atoms with E-state index in [0.29, 0.717) is 13.0 Å². The number of ether oxygens (including phenoxy) is 1. The van der Waals surface area contributed by atoms with Gasteiger partial charge in [0.25, 0.3) is 0 Å². The number of nitrogens with zero attached hydrogens (tertiary/aromatic N) is 2. The van der Waals surface area contributed by atoms with Gasteiger partial charge in [0, 0.05) is 29.3 Å². The maximum Gasteiger partial charge on any atom is 0.224 e. The minimum absolute atomic E-state index is 0.221. The molecule has 0 spiro atoms. The van der Waals surface area contributed by atoms with E-state index in [2.05, 4.69) is 15.2 Å². The number of rotatable bonds is 8. The number of thioether (sulfide) groups is 1. The molecule has 1 aliphatic heterocycles. The number of pyridine rings is 1. The standard InChI is InChI=1S/C22H29N3O2S/c1-27-20-7-9-21(10-8-20)28-16-12-22(26)25(17-18-5-2-3-14-24-18)19-6-4-13-23-15-11-19/h2-3,5,7-10,14,19,23H,4,6,11-13,15-17H2,1H3. The number of amides is 1. The largest absolute Gasteiger partial charge is 0.497 e. The molecule has 28 heavy (non-hydrogen) atoms. The van der Waals surface area contributed by atoms with Crippen molar-refractivity contribution in [2.45, 2.75) is 43.2 Å². The van der Waals surface area contributed by atoms with Crippen molar-refractivity contribution in [2.75, 3.05) is 26.0 Å². The lowest BCUT2D eigenvalue weighted by molar-refractivity contribution is -0.134. The Labute approximate surface area is 171 Å². The van der Waals surface area contributed by atoms with E-state index in [1.54, 1.807) is 25.1 Å². The van der Waals surface area contributed by atoms with Crippen molar-refractivity contribution in [3.63, 3.8) is 0 Å². The average Bonchev–Trinajstić information content (AvgIpc) is 3.02. The molecule has 1 atom stereocenters. The van der Waals surface area contributed by atoms with Crippen LogP contribution in [-0.4, -0.2) is 47.8 Å². The van der Waals surface area contributed by atoms with Crippen molar-refractivity contribution < 1.29 is 9.53 Å². The van der Waals surface area contributed by atoms with Crippen molar-refractivity contribution in [3.05, 3.63) is 54.4 Å². The summed E-state index contributed by atoms with van der Waals surface area (Å²) in [4.78, 5) is 20.7. The van der Waals surface area contributed by atoms with E-state index >= 15 is 0 Å². The molecule has 6 heteroatoms. The Morgan fingerprint density at radius 3 is 2.82 bits per heavy atom. The molecule has 0 radical (unpaired) electrons. The smallest absolute Gasteiger partial charge is 0.224 e. The molecule has 1 fully saturated rings. The van der Waals surface area contributed by atoms with Crippen LogP contribution < -0.4 is 10.1 Å². The second kappa shape index (κ2) is 11.1. The molecule has 1 aromatic heterocycles. The zero-order chi connectivity index (χ0) is 19.6. The molecule has 0 saturated carbocycles. The second-order valence-corrected chi connectivity index (χ2v) is 8.12. The van der Waals surface area contributed by atoms with Gasteiger partial charge in [-0.25, -0.2) is 0 Å². The van der Waals surface area contributed by atoms with E-state index < -0.39 is 0 Å². The van der Waals surface area contributed by atoms with Gasteiger partial charge in [0.05, 0.1) is 19.3 Å². The summed E-state index contributed by atoms with van der Waals surface area (Å²) in [5.74, 6) is 1.84. The Morgan fingerprint density at radius 2 is 2.07 bits per heavy atom. The third-order valence-electron chi connectivity index (χ3n) is 5.01. The quantitative estimate of drug-likeness (QED) is 0.685. The minimum Gasteiger partial charge on any atom is -0.497 e. The molecule has 5 nitrogen and oxygen atoms in total. The number of nitrogens with one attached hydrogen (secondary N) is 1. The van der Waals surface area contributed by atoms with Gasteiger partial charge in [-0.15, -0.1) is 11.8 Å². The first-order valence-electron chi connectivity index (χ1n) is 9.93. The predicted octanol–water partition coefficient (Wildman–Crippen LogP) is 3.74. The van der Waals surface area contributed by atoms with Gasteiger partial charge in [0.1, 0.15) is 5.75 Å². The Hall–Kier alpha value is -2.05. The van der Waals surface area contributed by atoms with Crippen LogP contribution in [0.2, 0.25) is 0 Å². The number of hydrogen-bond acceptors (Lipinski definition) is 5. The van der Waals surface area contributed by atoms with Crippen LogP contribution in [0, 0.1) is 0 Å². The summed E-state index contributed by atoms with van der Waals surface area (Å²) < 4.78 is 5.20. The first kappa shape index (κ1) is 20.7. The summed E-state index contributed by atoms with van der Waals surface area (Å²) >= 11 is 1.71. The van der Waals surface area contributed by atoms with Crippen molar-refractivity contribution in [1.29, 1.82) is 0 Å². The van der Waals surface area contributed by atoms with Crippen LogP contribution in [0.3, 0.4) is 0 Å². The molecule has 1 amide bonds. The molecule has 0 bridgehead atoms. The highest BCUT2D eigenvalue weighted by Crippen LogP contribution is 2.23. The summed E-state index contributed by atoms with van der Waals surface area (Å²) in [6.45, 7) is 2.60. The Kier molecular flexibility index (Phi) is 8.18. The number of methoxy groups -OCH3 is 1. The van der Waals surface area contributed by atoms with Crippen molar-refractivity contribution in [3.8, 4) is 5.75 Å². The molecule has 1 unspecified atom stereocenters. The van der Waals surface area contributed by atoms with E-state index in [1.165, 1.54) is 0 Å². The fourth-order valence-corrected chi connectivity index (χ4v) is 4.31. The molecule has 1 aromatic carbocycles. The van der Waals surface area contributed by atoms with Crippen LogP contribution >= 0.6 is 11.8 Å². The summed E-state index contributed by atoms with van der Waals surface area (Å²) in [7, 11) is 1.67. The van der Waals surface area contributed by atoms with Gasteiger partial charge in [-0.3, -0.25) is 9.78 Å². The molecular formula is C22H29N3O2S. The van der Waals surface area contributed by atoms with Gasteiger partial charge in [0.15, 0.2) is 0 Å². The average molecular weight is 400 g/mol. The minimum atomic E-state index is 0.221. The Morgan fingerprint density at radius 1 is 1.21 bits per heavy atom. The van der Waals surface area contributed by atoms with Gasteiger partial charge in [-0.2, -0.15) is 0 Å². The number of benzene rings is 1. The SMILES string of the molecule is COc1ccc(SCCC(=O)N(Cc2ccccn2)C2CCCNCC2)cc1. The van der Waals surface area contributed by atoms with E-state index in [9.17, 15) is 4.79 Å². The van der Waals surface area contributed by atoms with Gasteiger partial charge in [-0.1, -0.05) is 6.07 Å². The third kappa shape index (κ3) is 6.24. The van der Waals surface area contributed by atoms with E-state index in [1.807, 2.05) is 42.5 Å². The highest BCUT2D eigenvalue weighted by Gasteiger charge is 2.24. The molecule has 150 valence electrons. The van der Waals surface area contributed by atoms with Gasteiger partial charge < -0.3 is 15.0 Å². The summed E-state index contributed by atoms with van der Waals surface area (Å²) in [6.07, 6.45) is 5.50. The molecular weight excluding hydrogens is 370 g/mol. The third-order valence-corrected chi connectivity index (χ3v) is 6.02. The molecule has 1 saturated heterocycles.